The van der Waals surface area contributed by atoms with Gasteiger partial charge in [-0.25, -0.2) is 5.48 Å². The highest BCUT2D eigenvalue weighted by Gasteiger charge is 2.11. The monoisotopic (exact) mass is 168 g/mol. The number of aryl methyl sites for hydroxylation is 1. The van der Waals surface area contributed by atoms with E-state index in [2.05, 4.69) is 0 Å². The van der Waals surface area contributed by atoms with E-state index < -0.39 is 5.91 Å². The molecule has 1 rings (SSSR count). The van der Waals surface area contributed by atoms with Gasteiger partial charge >= 0.3 is 0 Å². The van der Waals surface area contributed by atoms with Crippen molar-refractivity contribution in [3.8, 4) is 0 Å². The van der Waals surface area contributed by atoms with Crippen LogP contribution >= 0.6 is 0 Å². The molecule has 1 heterocycles. The van der Waals surface area contributed by atoms with Crippen LogP contribution in [-0.4, -0.2) is 15.7 Å². The third-order valence-electron chi connectivity index (χ3n) is 1.88. The van der Waals surface area contributed by atoms with E-state index in [4.69, 9.17) is 5.21 Å². The molecule has 66 valence electrons. The molecule has 4 nitrogen and oxygen atoms in total. The second-order valence-electron chi connectivity index (χ2n) is 2.58. The standard InChI is InChI=1S/C8H12N2O2/c1-3-7-6(8(11)9-12)4-5-10(7)2/h4-5,12H,3H2,1-2H3,(H,9,11). The van der Waals surface area contributed by atoms with Crippen LogP contribution in [0.4, 0.5) is 0 Å². The summed E-state index contributed by atoms with van der Waals surface area (Å²) in [6.45, 7) is 1.96. The van der Waals surface area contributed by atoms with E-state index in [1.165, 1.54) is 0 Å². The van der Waals surface area contributed by atoms with Crippen LogP contribution < -0.4 is 5.48 Å². The molecular formula is C8H12N2O2. The summed E-state index contributed by atoms with van der Waals surface area (Å²) in [5.74, 6) is -0.451. The van der Waals surface area contributed by atoms with Crippen LogP contribution in [0.15, 0.2) is 12.3 Å². The van der Waals surface area contributed by atoms with Crippen LogP contribution in [0.3, 0.4) is 0 Å². The number of nitrogens with one attached hydrogen (secondary N) is 1. The molecule has 0 saturated heterocycles. The Labute approximate surface area is 70.8 Å². The van der Waals surface area contributed by atoms with Gasteiger partial charge in [0.25, 0.3) is 5.91 Å². The van der Waals surface area contributed by atoms with Crippen molar-refractivity contribution >= 4 is 5.91 Å². The number of carbonyl (C=O) groups excluding carboxylic acids is 1. The van der Waals surface area contributed by atoms with Gasteiger partial charge in [0, 0.05) is 18.9 Å². The summed E-state index contributed by atoms with van der Waals surface area (Å²) < 4.78 is 1.87. The third-order valence-corrected chi connectivity index (χ3v) is 1.88. The Morgan fingerprint density at radius 3 is 2.92 bits per heavy atom. The van der Waals surface area contributed by atoms with Crippen LogP contribution in [0.1, 0.15) is 23.0 Å². The van der Waals surface area contributed by atoms with Gasteiger partial charge in [0.1, 0.15) is 0 Å². The Morgan fingerprint density at radius 1 is 1.75 bits per heavy atom. The van der Waals surface area contributed by atoms with Crippen molar-refractivity contribution in [2.75, 3.05) is 0 Å². The molecule has 0 aliphatic rings. The molecule has 0 unspecified atom stereocenters. The van der Waals surface area contributed by atoms with Gasteiger partial charge in [0.05, 0.1) is 5.56 Å². The van der Waals surface area contributed by atoms with E-state index in [1.807, 2.05) is 18.5 Å². The largest absolute Gasteiger partial charge is 0.354 e. The van der Waals surface area contributed by atoms with Crippen molar-refractivity contribution in [1.82, 2.24) is 10.0 Å². The molecular weight excluding hydrogens is 156 g/mol. The fraction of sp³-hybridized carbons (Fsp3) is 0.375. The molecule has 12 heavy (non-hydrogen) atoms. The maximum atomic E-state index is 11.0. The third kappa shape index (κ3) is 1.33. The highest BCUT2D eigenvalue weighted by molar-refractivity contribution is 5.94. The topological polar surface area (TPSA) is 54.3 Å². The number of aromatic nitrogens is 1. The number of hydrogen-bond acceptors (Lipinski definition) is 2. The first-order valence-corrected chi connectivity index (χ1v) is 3.79. The van der Waals surface area contributed by atoms with E-state index in [-0.39, 0.29) is 0 Å². The normalized spacial score (nSPS) is 9.92. The van der Waals surface area contributed by atoms with Crippen LogP contribution in [0, 0.1) is 0 Å². The molecule has 4 heteroatoms. The lowest BCUT2D eigenvalue weighted by Gasteiger charge is -2.02. The average Bonchev–Trinajstić information content (AvgIpc) is 2.45. The Hall–Kier alpha value is -1.29. The predicted octanol–water partition coefficient (Wildman–Crippen LogP) is 0.707. The minimum absolute atomic E-state index is 0.451. The molecule has 0 fully saturated rings. The summed E-state index contributed by atoms with van der Waals surface area (Å²) in [4.78, 5) is 11.0. The van der Waals surface area contributed by atoms with Crippen molar-refractivity contribution < 1.29 is 10.0 Å². The van der Waals surface area contributed by atoms with Gasteiger partial charge in [-0.2, -0.15) is 0 Å². The first kappa shape index (κ1) is 8.80. The molecule has 0 atom stereocenters. The number of rotatable bonds is 2. The van der Waals surface area contributed by atoms with E-state index >= 15 is 0 Å². The molecule has 0 radical (unpaired) electrons. The fourth-order valence-corrected chi connectivity index (χ4v) is 1.27. The van der Waals surface area contributed by atoms with Crippen molar-refractivity contribution in [2.24, 2.45) is 7.05 Å². The second kappa shape index (κ2) is 3.40. The van der Waals surface area contributed by atoms with E-state index in [9.17, 15) is 4.79 Å². The van der Waals surface area contributed by atoms with Crippen molar-refractivity contribution in [2.45, 2.75) is 13.3 Å². The Morgan fingerprint density at radius 2 is 2.42 bits per heavy atom. The highest BCUT2D eigenvalue weighted by Crippen LogP contribution is 2.09. The lowest BCUT2D eigenvalue weighted by Crippen LogP contribution is -2.19. The minimum atomic E-state index is -0.451. The Bertz CT molecular complexity index is 291. The molecule has 1 aromatic heterocycles. The SMILES string of the molecule is CCc1c(C(=O)NO)ccn1C. The molecule has 0 spiro atoms. The second-order valence-corrected chi connectivity index (χ2v) is 2.58. The molecule has 2 N–H and O–H groups in total. The summed E-state index contributed by atoms with van der Waals surface area (Å²) in [5.41, 5.74) is 3.07. The fourth-order valence-electron chi connectivity index (χ4n) is 1.27. The number of nitrogens with zero attached hydrogens (tertiary/aromatic N) is 1. The molecule has 0 aromatic carbocycles. The molecule has 0 bridgehead atoms. The van der Waals surface area contributed by atoms with Gasteiger partial charge in [-0.1, -0.05) is 6.92 Å². The van der Waals surface area contributed by atoms with Crippen LogP contribution in [0.5, 0.6) is 0 Å². The molecule has 0 saturated carbocycles. The average molecular weight is 168 g/mol. The number of hydroxylamine groups is 1. The van der Waals surface area contributed by atoms with Gasteiger partial charge in [0.2, 0.25) is 0 Å². The summed E-state index contributed by atoms with van der Waals surface area (Å²) >= 11 is 0. The van der Waals surface area contributed by atoms with Gasteiger partial charge in [-0.3, -0.25) is 10.0 Å². The first-order valence-electron chi connectivity index (χ1n) is 3.79. The van der Waals surface area contributed by atoms with Crippen LogP contribution in [0.2, 0.25) is 0 Å². The maximum absolute atomic E-state index is 11.0. The van der Waals surface area contributed by atoms with Crippen molar-refractivity contribution in [1.29, 1.82) is 0 Å². The molecule has 1 aromatic rings. The summed E-state index contributed by atoms with van der Waals surface area (Å²) in [6, 6.07) is 1.68. The van der Waals surface area contributed by atoms with E-state index in [1.54, 1.807) is 17.7 Å². The van der Waals surface area contributed by atoms with Gasteiger partial charge < -0.3 is 4.57 Å². The van der Waals surface area contributed by atoms with Crippen molar-refractivity contribution in [3.05, 3.63) is 23.5 Å². The van der Waals surface area contributed by atoms with Gasteiger partial charge in [-0.05, 0) is 12.5 Å². The molecule has 1 amide bonds. The smallest absolute Gasteiger partial charge is 0.276 e. The number of amides is 1. The summed E-state index contributed by atoms with van der Waals surface area (Å²) in [7, 11) is 1.87. The zero-order valence-corrected chi connectivity index (χ0v) is 7.16. The van der Waals surface area contributed by atoms with Crippen molar-refractivity contribution in [3.63, 3.8) is 0 Å². The Kier molecular flexibility index (Phi) is 2.50. The lowest BCUT2D eigenvalue weighted by atomic mass is 10.2. The zero-order chi connectivity index (χ0) is 9.14. The van der Waals surface area contributed by atoms with Crippen LogP contribution in [0.25, 0.3) is 0 Å². The van der Waals surface area contributed by atoms with Gasteiger partial charge in [0.15, 0.2) is 0 Å². The summed E-state index contributed by atoms with van der Waals surface area (Å²) in [6.07, 6.45) is 2.57. The summed E-state index contributed by atoms with van der Waals surface area (Å²) in [5, 5.41) is 8.41. The quantitative estimate of drug-likeness (QED) is 0.504. The Balaban J connectivity index is 3.07. The van der Waals surface area contributed by atoms with Gasteiger partial charge in [-0.15, -0.1) is 0 Å². The highest BCUT2D eigenvalue weighted by atomic mass is 16.5. The maximum Gasteiger partial charge on any atom is 0.276 e. The zero-order valence-electron chi connectivity index (χ0n) is 7.16. The number of carbonyl (C=O) groups is 1. The van der Waals surface area contributed by atoms with E-state index in [0.29, 0.717) is 5.56 Å². The molecule has 0 aliphatic heterocycles. The van der Waals surface area contributed by atoms with Crippen LogP contribution in [-0.2, 0) is 13.5 Å². The first-order chi connectivity index (χ1) is 5.70. The predicted molar refractivity (Wildman–Crippen MR) is 44.0 cm³/mol. The van der Waals surface area contributed by atoms with E-state index in [0.717, 1.165) is 12.1 Å². The minimum Gasteiger partial charge on any atom is -0.354 e. The number of hydrogen-bond donors (Lipinski definition) is 2. The molecule has 0 aliphatic carbocycles. The lowest BCUT2D eigenvalue weighted by molar-refractivity contribution is 0.0705.